The molecule has 0 bridgehead atoms. The standard InChI is InChI=1S/C20H24N6/c1-15-20(16-6-9-21-10-7-16)26-18(22-15)4-5-19(23-26)25-13-8-17(14-25)24-11-2-3-12-24/h4-7,9-10,17H,2-3,8,11-14H2,1H3. The molecule has 0 N–H and O–H groups in total. The van der Waals surface area contributed by atoms with E-state index in [-0.39, 0.29) is 0 Å². The van der Waals surface area contributed by atoms with Crippen LogP contribution in [0.5, 0.6) is 0 Å². The molecule has 26 heavy (non-hydrogen) atoms. The fourth-order valence-electron chi connectivity index (χ4n) is 4.40. The van der Waals surface area contributed by atoms with Crippen molar-refractivity contribution in [2.45, 2.75) is 32.2 Å². The smallest absolute Gasteiger partial charge is 0.154 e. The second-order valence-corrected chi connectivity index (χ2v) is 7.37. The predicted molar refractivity (Wildman–Crippen MR) is 102 cm³/mol. The Balaban J connectivity index is 1.48. The van der Waals surface area contributed by atoms with Crippen LogP contribution < -0.4 is 4.90 Å². The summed E-state index contributed by atoms with van der Waals surface area (Å²) in [6, 6.07) is 8.92. The quantitative estimate of drug-likeness (QED) is 0.728. The second kappa shape index (κ2) is 6.36. The van der Waals surface area contributed by atoms with E-state index in [4.69, 9.17) is 5.10 Å². The minimum absolute atomic E-state index is 0.680. The maximum absolute atomic E-state index is 4.96. The van der Waals surface area contributed by atoms with Crippen molar-refractivity contribution in [2.24, 2.45) is 0 Å². The SMILES string of the molecule is Cc1nc2ccc(N3CCC(N4CCCC4)C3)nn2c1-c1ccncc1. The number of hydrogen-bond acceptors (Lipinski definition) is 5. The first-order valence-electron chi connectivity index (χ1n) is 9.55. The molecule has 0 saturated carbocycles. The van der Waals surface area contributed by atoms with Gasteiger partial charge in [-0.25, -0.2) is 9.50 Å². The van der Waals surface area contributed by atoms with Crippen LogP contribution in [0.25, 0.3) is 16.9 Å². The zero-order valence-corrected chi connectivity index (χ0v) is 15.2. The van der Waals surface area contributed by atoms with Crippen molar-refractivity contribution in [1.82, 2.24) is 24.5 Å². The Kier molecular flexibility index (Phi) is 3.85. The molecule has 5 heterocycles. The molecule has 3 aromatic rings. The lowest BCUT2D eigenvalue weighted by molar-refractivity contribution is 0.260. The molecule has 134 valence electrons. The van der Waals surface area contributed by atoms with E-state index < -0.39 is 0 Å². The van der Waals surface area contributed by atoms with Crippen LogP contribution in [0.15, 0.2) is 36.7 Å². The van der Waals surface area contributed by atoms with Crippen LogP contribution in [0.4, 0.5) is 5.82 Å². The minimum atomic E-state index is 0.680. The number of aromatic nitrogens is 4. The molecule has 0 aromatic carbocycles. The lowest BCUT2D eigenvalue weighted by Crippen LogP contribution is -2.35. The van der Waals surface area contributed by atoms with Gasteiger partial charge in [0.05, 0.1) is 11.4 Å². The molecular weight excluding hydrogens is 324 g/mol. The summed E-state index contributed by atoms with van der Waals surface area (Å²) in [6.45, 7) is 6.73. The van der Waals surface area contributed by atoms with Gasteiger partial charge in [0.1, 0.15) is 5.82 Å². The topological polar surface area (TPSA) is 49.6 Å². The van der Waals surface area contributed by atoms with Crippen molar-refractivity contribution in [3.05, 3.63) is 42.4 Å². The van der Waals surface area contributed by atoms with Crippen molar-refractivity contribution in [3.8, 4) is 11.3 Å². The van der Waals surface area contributed by atoms with Gasteiger partial charge in [0.15, 0.2) is 5.65 Å². The van der Waals surface area contributed by atoms with Gasteiger partial charge in [-0.05, 0) is 63.5 Å². The maximum atomic E-state index is 4.96. The number of pyridine rings is 1. The summed E-state index contributed by atoms with van der Waals surface area (Å²) in [4.78, 5) is 13.9. The van der Waals surface area contributed by atoms with Crippen molar-refractivity contribution in [2.75, 3.05) is 31.1 Å². The number of anilines is 1. The molecule has 0 radical (unpaired) electrons. The molecule has 5 rings (SSSR count). The predicted octanol–water partition coefficient (Wildman–Crippen LogP) is 2.77. The van der Waals surface area contributed by atoms with E-state index in [0.717, 1.165) is 41.5 Å². The number of hydrogen-bond donors (Lipinski definition) is 0. The Hall–Kier alpha value is -2.47. The number of likely N-dealkylation sites (tertiary alicyclic amines) is 1. The van der Waals surface area contributed by atoms with E-state index in [0.29, 0.717) is 6.04 Å². The number of fused-ring (bicyclic) bond motifs is 1. The zero-order valence-electron chi connectivity index (χ0n) is 15.2. The Bertz CT molecular complexity index is 913. The average Bonchev–Trinajstić information content (AvgIpc) is 3.40. The fourth-order valence-corrected chi connectivity index (χ4v) is 4.40. The Morgan fingerprint density at radius 3 is 2.62 bits per heavy atom. The normalized spacial score (nSPS) is 21.1. The van der Waals surface area contributed by atoms with Gasteiger partial charge in [-0.15, -0.1) is 5.10 Å². The summed E-state index contributed by atoms with van der Waals surface area (Å²) in [5, 5.41) is 4.96. The first-order valence-corrected chi connectivity index (χ1v) is 9.55. The van der Waals surface area contributed by atoms with Gasteiger partial charge in [0.25, 0.3) is 0 Å². The van der Waals surface area contributed by atoms with Crippen LogP contribution in [0.1, 0.15) is 25.0 Å². The maximum Gasteiger partial charge on any atom is 0.154 e. The van der Waals surface area contributed by atoms with Gasteiger partial charge >= 0.3 is 0 Å². The van der Waals surface area contributed by atoms with Crippen molar-refractivity contribution in [3.63, 3.8) is 0 Å². The average molecular weight is 348 g/mol. The molecule has 3 aromatic heterocycles. The Morgan fingerprint density at radius 2 is 1.81 bits per heavy atom. The van der Waals surface area contributed by atoms with E-state index in [2.05, 4.69) is 31.9 Å². The van der Waals surface area contributed by atoms with E-state index in [1.807, 2.05) is 36.0 Å². The lowest BCUT2D eigenvalue weighted by atomic mass is 10.2. The highest BCUT2D eigenvalue weighted by Gasteiger charge is 2.30. The van der Waals surface area contributed by atoms with Crippen LogP contribution in [-0.2, 0) is 0 Å². The van der Waals surface area contributed by atoms with Gasteiger partial charge in [-0.2, -0.15) is 0 Å². The number of rotatable bonds is 3. The molecular formula is C20H24N6. The van der Waals surface area contributed by atoms with Gasteiger partial charge in [0, 0.05) is 37.1 Å². The lowest BCUT2D eigenvalue weighted by Gasteiger charge is -2.24. The third-order valence-corrected chi connectivity index (χ3v) is 5.74. The second-order valence-electron chi connectivity index (χ2n) is 7.37. The van der Waals surface area contributed by atoms with E-state index in [9.17, 15) is 0 Å². The highest BCUT2D eigenvalue weighted by molar-refractivity contribution is 5.66. The first kappa shape index (κ1) is 15.8. The summed E-state index contributed by atoms with van der Waals surface area (Å²) in [5.74, 6) is 1.05. The molecule has 0 aliphatic carbocycles. The van der Waals surface area contributed by atoms with Crippen LogP contribution >= 0.6 is 0 Å². The molecule has 2 saturated heterocycles. The van der Waals surface area contributed by atoms with Gasteiger partial charge < -0.3 is 4.90 Å². The summed E-state index contributed by atoms with van der Waals surface area (Å²) in [7, 11) is 0. The summed E-state index contributed by atoms with van der Waals surface area (Å²) in [6.07, 6.45) is 7.58. The number of aryl methyl sites for hydroxylation is 1. The fraction of sp³-hybridized carbons (Fsp3) is 0.450. The number of nitrogens with zero attached hydrogens (tertiary/aromatic N) is 6. The monoisotopic (exact) mass is 348 g/mol. The van der Waals surface area contributed by atoms with Gasteiger partial charge in [0.2, 0.25) is 0 Å². The Morgan fingerprint density at radius 1 is 1.00 bits per heavy atom. The van der Waals surface area contributed by atoms with Crippen LogP contribution in [-0.4, -0.2) is 56.7 Å². The van der Waals surface area contributed by atoms with Crippen molar-refractivity contribution in [1.29, 1.82) is 0 Å². The largest absolute Gasteiger partial charge is 0.354 e. The van der Waals surface area contributed by atoms with E-state index in [1.54, 1.807) is 0 Å². The van der Waals surface area contributed by atoms with E-state index >= 15 is 0 Å². The molecule has 1 unspecified atom stereocenters. The third kappa shape index (κ3) is 2.65. The minimum Gasteiger partial charge on any atom is -0.354 e. The van der Waals surface area contributed by atoms with Crippen LogP contribution in [0.2, 0.25) is 0 Å². The molecule has 0 amide bonds. The molecule has 2 aliphatic heterocycles. The third-order valence-electron chi connectivity index (χ3n) is 5.74. The zero-order chi connectivity index (χ0) is 17.5. The summed E-state index contributed by atoms with van der Waals surface area (Å²) >= 11 is 0. The van der Waals surface area contributed by atoms with E-state index in [1.165, 1.54) is 32.4 Å². The summed E-state index contributed by atoms with van der Waals surface area (Å²) in [5.41, 5.74) is 4.05. The van der Waals surface area contributed by atoms with Crippen LogP contribution in [0.3, 0.4) is 0 Å². The molecule has 0 spiro atoms. The van der Waals surface area contributed by atoms with Gasteiger partial charge in [-0.3, -0.25) is 9.88 Å². The molecule has 1 atom stereocenters. The molecule has 2 fully saturated rings. The van der Waals surface area contributed by atoms with Crippen molar-refractivity contribution >= 4 is 11.5 Å². The molecule has 6 heteroatoms. The molecule has 6 nitrogen and oxygen atoms in total. The van der Waals surface area contributed by atoms with Crippen LogP contribution in [0, 0.1) is 6.92 Å². The van der Waals surface area contributed by atoms with Crippen molar-refractivity contribution < 1.29 is 0 Å². The first-order chi connectivity index (χ1) is 12.8. The Labute approximate surface area is 153 Å². The number of imidazole rings is 1. The van der Waals surface area contributed by atoms with Gasteiger partial charge in [-0.1, -0.05) is 0 Å². The highest BCUT2D eigenvalue weighted by atomic mass is 15.4. The summed E-state index contributed by atoms with van der Waals surface area (Å²) < 4.78 is 1.99. The molecule has 2 aliphatic rings. The highest BCUT2D eigenvalue weighted by Crippen LogP contribution is 2.27.